The summed E-state index contributed by atoms with van der Waals surface area (Å²) >= 11 is 0. The highest BCUT2D eigenvalue weighted by Crippen LogP contribution is 2.52. The molecule has 0 bridgehead atoms. The normalized spacial score (nSPS) is 27.5. The summed E-state index contributed by atoms with van der Waals surface area (Å²) in [6.07, 6.45) is 3.64. The van der Waals surface area contributed by atoms with Crippen LogP contribution in [0.25, 0.3) is 0 Å². The summed E-state index contributed by atoms with van der Waals surface area (Å²) in [5, 5.41) is 0. The Hall–Kier alpha value is -1.67. The largest absolute Gasteiger partial charge is 0.296 e. The average Bonchev–Trinajstić information content (AvgIpc) is 2.92. The van der Waals surface area contributed by atoms with Gasteiger partial charge in [0.2, 0.25) is 0 Å². The van der Waals surface area contributed by atoms with E-state index in [1.54, 1.807) is 12.1 Å². The quantitative estimate of drug-likeness (QED) is 0.712. The Kier molecular flexibility index (Phi) is 4.41. The summed E-state index contributed by atoms with van der Waals surface area (Å²) in [5.41, 5.74) is 2.78. The molecule has 1 aliphatic heterocycles. The topological polar surface area (TPSA) is 3.24 Å². The molecule has 4 atom stereocenters. The molecule has 1 saturated heterocycles. The van der Waals surface area contributed by atoms with Gasteiger partial charge in [0.1, 0.15) is 5.82 Å². The van der Waals surface area contributed by atoms with E-state index in [9.17, 15) is 4.39 Å². The number of benzene rings is 2. The molecule has 1 saturated carbocycles. The van der Waals surface area contributed by atoms with Crippen molar-refractivity contribution in [2.24, 2.45) is 11.8 Å². The van der Waals surface area contributed by atoms with Gasteiger partial charge < -0.3 is 0 Å². The molecular formula is C22H26FN. The summed E-state index contributed by atoms with van der Waals surface area (Å²) < 4.78 is 13.3. The molecule has 0 N–H and O–H groups in total. The fourth-order valence-electron chi connectivity index (χ4n) is 4.80. The number of halogens is 1. The Bertz CT molecular complexity index is 666. The van der Waals surface area contributed by atoms with Crippen LogP contribution in [0.4, 0.5) is 4.39 Å². The maximum atomic E-state index is 13.3. The van der Waals surface area contributed by atoms with Gasteiger partial charge in [-0.3, -0.25) is 4.90 Å². The lowest BCUT2D eigenvalue weighted by Gasteiger charge is -2.40. The van der Waals surface area contributed by atoms with E-state index in [0.717, 1.165) is 30.6 Å². The molecule has 1 nitrogen and oxygen atoms in total. The van der Waals surface area contributed by atoms with Crippen molar-refractivity contribution in [1.82, 2.24) is 4.90 Å². The molecule has 2 fully saturated rings. The van der Waals surface area contributed by atoms with E-state index in [-0.39, 0.29) is 5.82 Å². The number of likely N-dealkylation sites (tertiary alicyclic amines) is 1. The third-order valence-electron chi connectivity index (χ3n) is 6.08. The lowest BCUT2D eigenvalue weighted by atomic mass is 9.64. The van der Waals surface area contributed by atoms with Crippen LogP contribution in [0.15, 0.2) is 54.6 Å². The van der Waals surface area contributed by atoms with Gasteiger partial charge in [-0.15, -0.1) is 0 Å². The Morgan fingerprint density at radius 3 is 2.50 bits per heavy atom. The van der Waals surface area contributed by atoms with Gasteiger partial charge in [-0.25, -0.2) is 4.39 Å². The first kappa shape index (κ1) is 15.8. The minimum atomic E-state index is -0.139. The Morgan fingerprint density at radius 2 is 1.79 bits per heavy atom. The van der Waals surface area contributed by atoms with Crippen LogP contribution in [0.5, 0.6) is 0 Å². The predicted molar refractivity (Wildman–Crippen MR) is 96.4 cm³/mol. The molecule has 1 aliphatic carbocycles. The highest BCUT2D eigenvalue weighted by Gasteiger charge is 2.48. The van der Waals surface area contributed by atoms with E-state index < -0.39 is 0 Å². The van der Waals surface area contributed by atoms with Crippen molar-refractivity contribution in [3.05, 3.63) is 71.5 Å². The van der Waals surface area contributed by atoms with Gasteiger partial charge in [0, 0.05) is 19.1 Å². The second-order valence-corrected chi connectivity index (χ2v) is 7.49. The predicted octanol–water partition coefficient (Wildman–Crippen LogP) is 5.40. The van der Waals surface area contributed by atoms with E-state index in [2.05, 4.69) is 42.2 Å². The van der Waals surface area contributed by atoms with Crippen molar-refractivity contribution in [3.63, 3.8) is 0 Å². The molecule has 4 unspecified atom stereocenters. The SMILES string of the molecule is CCCC(c1ccc(F)cc1)N1CC2CC(c3ccccc3)C2C1. The monoisotopic (exact) mass is 323 g/mol. The van der Waals surface area contributed by atoms with Crippen LogP contribution >= 0.6 is 0 Å². The molecular weight excluding hydrogens is 297 g/mol. The lowest BCUT2D eigenvalue weighted by molar-refractivity contribution is 0.190. The van der Waals surface area contributed by atoms with Crippen LogP contribution in [0.1, 0.15) is 49.3 Å². The maximum absolute atomic E-state index is 13.3. The van der Waals surface area contributed by atoms with Crippen LogP contribution in [0.2, 0.25) is 0 Å². The zero-order valence-electron chi connectivity index (χ0n) is 14.4. The summed E-state index contributed by atoms with van der Waals surface area (Å²) in [6, 6.07) is 18.6. The molecule has 0 spiro atoms. The van der Waals surface area contributed by atoms with Crippen molar-refractivity contribution in [1.29, 1.82) is 0 Å². The fourth-order valence-corrected chi connectivity index (χ4v) is 4.80. The van der Waals surface area contributed by atoms with Gasteiger partial charge in [-0.2, -0.15) is 0 Å². The molecule has 2 aliphatic rings. The third-order valence-corrected chi connectivity index (χ3v) is 6.08. The van der Waals surface area contributed by atoms with Crippen molar-refractivity contribution in [3.8, 4) is 0 Å². The average molecular weight is 323 g/mol. The smallest absolute Gasteiger partial charge is 0.123 e. The summed E-state index contributed by atoms with van der Waals surface area (Å²) in [7, 11) is 0. The molecule has 0 radical (unpaired) electrons. The van der Waals surface area contributed by atoms with Crippen LogP contribution in [-0.4, -0.2) is 18.0 Å². The van der Waals surface area contributed by atoms with E-state index in [4.69, 9.17) is 0 Å². The highest BCUT2D eigenvalue weighted by molar-refractivity contribution is 5.26. The Balaban J connectivity index is 1.49. The molecule has 0 aromatic heterocycles. The van der Waals surface area contributed by atoms with Crippen LogP contribution in [0.3, 0.4) is 0 Å². The second kappa shape index (κ2) is 6.68. The maximum Gasteiger partial charge on any atom is 0.123 e. The van der Waals surface area contributed by atoms with Crippen LogP contribution < -0.4 is 0 Å². The second-order valence-electron chi connectivity index (χ2n) is 7.49. The van der Waals surface area contributed by atoms with Crippen molar-refractivity contribution < 1.29 is 4.39 Å². The van der Waals surface area contributed by atoms with Gasteiger partial charge in [-0.1, -0.05) is 55.8 Å². The lowest BCUT2D eigenvalue weighted by Crippen LogP contribution is -2.33. The first-order valence-electron chi connectivity index (χ1n) is 9.30. The van der Waals surface area contributed by atoms with Crippen LogP contribution in [0, 0.1) is 17.7 Å². The molecule has 2 aromatic rings. The zero-order valence-corrected chi connectivity index (χ0v) is 14.4. The number of nitrogens with zero attached hydrogens (tertiary/aromatic N) is 1. The van der Waals surface area contributed by atoms with E-state index in [1.807, 2.05) is 12.1 Å². The first-order chi connectivity index (χ1) is 11.8. The number of rotatable bonds is 5. The Labute approximate surface area is 144 Å². The molecule has 4 rings (SSSR count). The molecule has 1 heterocycles. The number of hydrogen-bond donors (Lipinski definition) is 0. The van der Waals surface area contributed by atoms with Gasteiger partial charge >= 0.3 is 0 Å². The van der Waals surface area contributed by atoms with Crippen molar-refractivity contribution >= 4 is 0 Å². The van der Waals surface area contributed by atoms with Crippen molar-refractivity contribution in [2.45, 2.75) is 38.1 Å². The Morgan fingerprint density at radius 1 is 1.04 bits per heavy atom. The van der Waals surface area contributed by atoms with Gasteiger partial charge in [0.25, 0.3) is 0 Å². The molecule has 24 heavy (non-hydrogen) atoms. The first-order valence-corrected chi connectivity index (χ1v) is 9.30. The van der Waals surface area contributed by atoms with Crippen molar-refractivity contribution in [2.75, 3.05) is 13.1 Å². The number of hydrogen-bond acceptors (Lipinski definition) is 1. The molecule has 126 valence electrons. The van der Waals surface area contributed by atoms with Crippen LogP contribution in [-0.2, 0) is 0 Å². The minimum absolute atomic E-state index is 0.139. The minimum Gasteiger partial charge on any atom is -0.296 e. The number of fused-ring (bicyclic) bond motifs is 1. The molecule has 0 amide bonds. The molecule has 2 aromatic carbocycles. The van der Waals surface area contributed by atoms with Gasteiger partial charge in [0.15, 0.2) is 0 Å². The van der Waals surface area contributed by atoms with E-state index >= 15 is 0 Å². The van der Waals surface area contributed by atoms with Gasteiger partial charge in [-0.05, 0) is 53.9 Å². The standard InChI is InChI=1S/C22H26FN/c1-2-6-22(17-9-11-19(23)12-10-17)24-14-18-13-20(21(18)15-24)16-7-4-3-5-8-16/h3-5,7-12,18,20-22H,2,6,13-15H2,1H3. The summed E-state index contributed by atoms with van der Waals surface area (Å²) in [5.74, 6) is 2.23. The summed E-state index contributed by atoms with van der Waals surface area (Å²) in [6.45, 7) is 4.64. The van der Waals surface area contributed by atoms with E-state index in [0.29, 0.717) is 6.04 Å². The third kappa shape index (κ3) is 2.88. The van der Waals surface area contributed by atoms with Gasteiger partial charge in [0.05, 0.1) is 0 Å². The zero-order chi connectivity index (χ0) is 16.5. The highest BCUT2D eigenvalue weighted by atomic mass is 19.1. The molecule has 2 heteroatoms. The summed E-state index contributed by atoms with van der Waals surface area (Å²) in [4.78, 5) is 2.66. The fraction of sp³-hybridized carbons (Fsp3) is 0.455. The van der Waals surface area contributed by atoms with E-state index in [1.165, 1.54) is 30.6 Å².